The van der Waals surface area contributed by atoms with Crippen LogP contribution >= 0.6 is 23.2 Å². The van der Waals surface area contributed by atoms with Crippen LogP contribution in [0.2, 0.25) is 5.02 Å². The van der Waals surface area contributed by atoms with E-state index in [1.807, 2.05) is 67.6 Å². The Morgan fingerprint density at radius 3 is 2.61 bits per heavy atom. The molecule has 2 aromatic carbocycles. The lowest BCUT2D eigenvalue weighted by Crippen LogP contribution is -2.22. The van der Waals surface area contributed by atoms with Crippen molar-refractivity contribution < 1.29 is 4.42 Å². The molecule has 164 valence electrons. The van der Waals surface area contributed by atoms with Crippen LogP contribution in [-0.2, 0) is 13.0 Å². The molecule has 0 amide bonds. The van der Waals surface area contributed by atoms with E-state index < -0.39 is 0 Å². The molecule has 5 rings (SSSR count). The number of rotatable bonds is 6. The second-order valence-electron chi connectivity index (χ2n) is 7.73. The number of para-hydroxylation sites is 3. The van der Waals surface area contributed by atoms with E-state index in [-0.39, 0.29) is 0 Å². The summed E-state index contributed by atoms with van der Waals surface area (Å²) >= 11 is 13.0. The quantitative estimate of drug-likeness (QED) is 0.247. The molecule has 0 aliphatic rings. The molecule has 0 aliphatic heterocycles. The average molecular weight is 475 g/mol. The minimum atomic E-state index is 0.411. The molecule has 0 saturated carbocycles. The highest BCUT2D eigenvalue weighted by Gasteiger charge is 2.26. The van der Waals surface area contributed by atoms with Gasteiger partial charge in [0.25, 0.3) is 0 Å². The van der Waals surface area contributed by atoms with Crippen LogP contribution in [0.25, 0.3) is 16.7 Å². The Labute approximate surface area is 201 Å². The summed E-state index contributed by atoms with van der Waals surface area (Å²) in [6.07, 6.45) is 2.24. The number of furan rings is 1. The fourth-order valence-electron chi connectivity index (χ4n) is 4.34. The number of fused-ring (bicyclic) bond motifs is 3. The van der Waals surface area contributed by atoms with Crippen molar-refractivity contribution in [3.63, 3.8) is 0 Å². The zero-order valence-corrected chi connectivity index (χ0v) is 19.4. The molecular weight excluding hydrogens is 455 g/mol. The number of aromatic nitrogens is 2. The van der Waals surface area contributed by atoms with Gasteiger partial charge in [-0.15, -0.1) is 11.6 Å². The number of halogens is 2. The fourth-order valence-corrected chi connectivity index (χ4v) is 4.77. The number of pyridine rings is 1. The van der Waals surface area contributed by atoms with Crippen LogP contribution in [0.3, 0.4) is 0 Å². The third-order valence-corrected chi connectivity index (χ3v) is 6.35. The maximum Gasteiger partial charge on any atom is 0.157 e. The van der Waals surface area contributed by atoms with Gasteiger partial charge in [-0.05, 0) is 60.9 Å². The zero-order valence-electron chi connectivity index (χ0n) is 17.9. The molecule has 0 atom stereocenters. The second kappa shape index (κ2) is 8.82. The number of nitrogens with zero attached hydrogens (tertiary/aromatic N) is 4. The normalized spacial score (nSPS) is 11.2. The van der Waals surface area contributed by atoms with Crippen molar-refractivity contribution >= 4 is 51.4 Å². The predicted octanol–water partition coefficient (Wildman–Crippen LogP) is 7.03. The van der Waals surface area contributed by atoms with E-state index in [9.17, 15) is 5.26 Å². The van der Waals surface area contributed by atoms with Gasteiger partial charge in [0.05, 0.1) is 40.1 Å². The lowest BCUT2D eigenvalue weighted by Gasteiger charge is -2.30. The van der Waals surface area contributed by atoms with Crippen molar-refractivity contribution in [2.45, 2.75) is 19.9 Å². The van der Waals surface area contributed by atoms with E-state index in [0.717, 1.165) is 39.4 Å². The van der Waals surface area contributed by atoms with Gasteiger partial charge in [0.1, 0.15) is 17.6 Å². The maximum atomic E-state index is 10.0. The van der Waals surface area contributed by atoms with Crippen LogP contribution in [0.4, 0.5) is 11.5 Å². The van der Waals surface area contributed by atoms with E-state index in [4.69, 9.17) is 32.6 Å². The van der Waals surface area contributed by atoms with Gasteiger partial charge in [0, 0.05) is 5.88 Å². The van der Waals surface area contributed by atoms with Crippen molar-refractivity contribution in [3.05, 3.63) is 94.4 Å². The first-order chi connectivity index (χ1) is 16.1. The Morgan fingerprint density at radius 2 is 1.88 bits per heavy atom. The molecule has 33 heavy (non-hydrogen) atoms. The summed E-state index contributed by atoms with van der Waals surface area (Å²) in [5, 5.41) is 10.7. The van der Waals surface area contributed by atoms with Crippen LogP contribution in [0.5, 0.6) is 0 Å². The van der Waals surface area contributed by atoms with Crippen LogP contribution in [-0.4, -0.2) is 15.3 Å². The highest BCUT2D eigenvalue weighted by atomic mass is 35.5. The highest BCUT2D eigenvalue weighted by molar-refractivity contribution is 6.33. The Morgan fingerprint density at radius 1 is 1.09 bits per heavy atom. The van der Waals surface area contributed by atoms with Crippen molar-refractivity contribution in [1.82, 2.24) is 9.38 Å². The monoisotopic (exact) mass is 474 g/mol. The van der Waals surface area contributed by atoms with Crippen molar-refractivity contribution in [2.24, 2.45) is 0 Å². The van der Waals surface area contributed by atoms with Gasteiger partial charge in [0.15, 0.2) is 5.65 Å². The first kappa shape index (κ1) is 21.4. The zero-order chi connectivity index (χ0) is 22.9. The summed E-state index contributed by atoms with van der Waals surface area (Å²) in [6.45, 7) is 2.40. The molecule has 3 heterocycles. The van der Waals surface area contributed by atoms with Crippen LogP contribution in [0, 0.1) is 18.3 Å². The van der Waals surface area contributed by atoms with E-state index in [1.165, 1.54) is 0 Å². The smallest absolute Gasteiger partial charge is 0.157 e. The summed E-state index contributed by atoms with van der Waals surface area (Å²) in [5.74, 6) is 2.07. The van der Waals surface area contributed by atoms with Gasteiger partial charge in [-0.2, -0.15) is 5.26 Å². The molecule has 3 aromatic heterocycles. The Balaban J connectivity index is 1.94. The predicted molar refractivity (Wildman–Crippen MR) is 133 cm³/mol. The number of anilines is 2. The van der Waals surface area contributed by atoms with Gasteiger partial charge in [-0.1, -0.05) is 35.9 Å². The molecule has 0 fully saturated rings. The van der Waals surface area contributed by atoms with Crippen molar-refractivity contribution in [2.75, 3.05) is 10.8 Å². The minimum absolute atomic E-state index is 0.411. The number of alkyl halides is 1. The number of imidazole rings is 1. The Kier molecular flexibility index (Phi) is 5.72. The molecule has 0 bridgehead atoms. The molecule has 5 aromatic rings. The molecule has 0 N–H and O–H groups in total. The largest absolute Gasteiger partial charge is 0.467 e. The standard InChI is InChI=1S/C26H20Cl2N4O/c1-17-19(12-13-27)26(32-24-11-5-3-9-22(24)30-25(32)20(17)15-29)31(16-18-7-6-14-33-18)23-10-4-2-8-21(23)28/h2-11,14H,12-13,16H2,1H3. The topological polar surface area (TPSA) is 57.5 Å². The van der Waals surface area contributed by atoms with Crippen LogP contribution in [0.15, 0.2) is 71.3 Å². The summed E-state index contributed by atoms with van der Waals surface area (Å²) in [5.41, 5.74) is 5.56. The molecule has 7 heteroatoms. The summed E-state index contributed by atoms with van der Waals surface area (Å²) in [6, 6.07) is 21.8. The number of hydrogen-bond acceptors (Lipinski definition) is 4. The van der Waals surface area contributed by atoms with E-state index in [1.54, 1.807) is 6.26 Å². The van der Waals surface area contributed by atoms with Crippen molar-refractivity contribution in [3.8, 4) is 6.07 Å². The van der Waals surface area contributed by atoms with E-state index >= 15 is 0 Å². The van der Waals surface area contributed by atoms with Gasteiger partial charge in [0.2, 0.25) is 0 Å². The molecule has 0 radical (unpaired) electrons. The van der Waals surface area contributed by atoms with Gasteiger partial charge < -0.3 is 9.32 Å². The highest BCUT2D eigenvalue weighted by Crippen LogP contribution is 2.40. The minimum Gasteiger partial charge on any atom is -0.467 e. The van der Waals surface area contributed by atoms with Gasteiger partial charge in [-0.3, -0.25) is 4.40 Å². The molecule has 0 unspecified atom stereocenters. The molecule has 0 spiro atoms. The number of benzene rings is 2. The van der Waals surface area contributed by atoms with Gasteiger partial charge in [-0.25, -0.2) is 4.98 Å². The molecule has 0 aliphatic carbocycles. The third kappa shape index (κ3) is 3.62. The number of hydrogen-bond donors (Lipinski definition) is 0. The van der Waals surface area contributed by atoms with Crippen LogP contribution < -0.4 is 4.90 Å². The molecular formula is C26H20Cl2N4O. The summed E-state index contributed by atoms with van der Waals surface area (Å²) in [4.78, 5) is 6.95. The fraction of sp³-hybridized carbons (Fsp3) is 0.154. The SMILES string of the molecule is Cc1c(CCCl)c(N(Cc2ccco2)c2ccccc2Cl)n2c(nc3ccccc32)c1C#N. The first-order valence-corrected chi connectivity index (χ1v) is 11.5. The Hall–Kier alpha value is -3.46. The maximum absolute atomic E-state index is 10.0. The van der Waals surface area contributed by atoms with E-state index in [0.29, 0.717) is 35.1 Å². The molecule has 0 saturated heterocycles. The summed E-state index contributed by atoms with van der Waals surface area (Å²) in [7, 11) is 0. The van der Waals surface area contributed by atoms with Gasteiger partial charge >= 0.3 is 0 Å². The van der Waals surface area contributed by atoms with Crippen molar-refractivity contribution in [1.29, 1.82) is 5.26 Å². The second-order valence-corrected chi connectivity index (χ2v) is 8.51. The first-order valence-electron chi connectivity index (χ1n) is 10.6. The third-order valence-electron chi connectivity index (χ3n) is 5.84. The molecule has 5 nitrogen and oxygen atoms in total. The summed E-state index contributed by atoms with van der Waals surface area (Å²) < 4.78 is 7.77. The lowest BCUT2D eigenvalue weighted by atomic mass is 10.0. The number of nitriles is 1. The average Bonchev–Trinajstić information content (AvgIpc) is 3.47. The lowest BCUT2D eigenvalue weighted by molar-refractivity contribution is 0.509. The van der Waals surface area contributed by atoms with Crippen LogP contribution in [0.1, 0.15) is 22.5 Å². The van der Waals surface area contributed by atoms with E-state index in [2.05, 4.69) is 15.4 Å². The Bertz CT molecular complexity index is 1500.